The SMILES string of the molecule is CCCCCCCCCCCCCCCCCCN1C=CN(CC)C1CCCCCCCCCCCCCCCCC. The van der Waals surface area contributed by atoms with Crippen LogP contribution in [0.5, 0.6) is 0 Å². The highest BCUT2D eigenvalue weighted by atomic mass is 15.4. The first-order chi connectivity index (χ1) is 20.8. The van der Waals surface area contributed by atoms with E-state index in [1.807, 2.05) is 0 Å². The van der Waals surface area contributed by atoms with Crippen LogP contribution in [0.4, 0.5) is 0 Å². The minimum Gasteiger partial charge on any atom is -0.356 e. The van der Waals surface area contributed by atoms with E-state index in [1.54, 1.807) is 0 Å². The summed E-state index contributed by atoms with van der Waals surface area (Å²) in [6, 6.07) is 0. The summed E-state index contributed by atoms with van der Waals surface area (Å²) in [6.07, 6.45) is 51.7. The Morgan fingerprint density at radius 2 is 0.619 bits per heavy atom. The minimum absolute atomic E-state index is 0.633. The van der Waals surface area contributed by atoms with Gasteiger partial charge in [-0.25, -0.2) is 0 Å². The summed E-state index contributed by atoms with van der Waals surface area (Å²) < 4.78 is 0. The molecule has 2 nitrogen and oxygen atoms in total. The van der Waals surface area contributed by atoms with Gasteiger partial charge in [-0.05, 0) is 26.2 Å². The van der Waals surface area contributed by atoms with Gasteiger partial charge in [0.25, 0.3) is 0 Å². The standard InChI is InChI=1S/C40H80N2/c1-4-7-9-11-13-15-17-19-21-23-25-27-29-31-33-35-37-42-39-38-41(6-3)40(42)36-34-32-30-28-26-24-22-20-18-16-14-12-10-8-5-2/h38-40H,4-37H2,1-3H3. The van der Waals surface area contributed by atoms with E-state index in [0.717, 1.165) is 6.54 Å². The quantitative estimate of drug-likeness (QED) is 0.0690. The van der Waals surface area contributed by atoms with Crippen LogP contribution in [0.2, 0.25) is 0 Å². The summed E-state index contributed by atoms with van der Waals surface area (Å²) in [7, 11) is 0. The summed E-state index contributed by atoms with van der Waals surface area (Å²) in [5, 5.41) is 0. The maximum atomic E-state index is 2.66. The maximum Gasteiger partial charge on any atom is 0.101 e. The van der Waals surface area contributed by atoms with Crippen molar-refractivity contribution >= 4 is 0 Å². The van der Waals surface area contributed by atoms with Gasteiger partial charge in [0, 0.05) is 25.5 Å². The molecule has 1 unspecified atom stereocenters. The molecule has 1 rings (SSSR count). The van der Waals surface area contributed by atoms with E-state index in [2.05, 4.69) is 43.0 Å². The molecule has 0 spiro atoms. The second kappa shape index (κ2) is 31.8. The Balaban J connectivity index is 1.91. The zero-order valence-corrected chi connectivity index (χ0v) is 29.7. The van der Waals surface area contributed by atoms with Gasteiger partial charge in [0.15, 0.2) is 0 Å². The Hall–Kier alpha value is -0.660. The number of hydrogen-bond donors (Lipinski definition) is 0. The molecule has 1 atom stereocenters. The average Bonchev–Trinajstić information content (AvgIpc) is 3.40. The molecule has 0 amide bonds. The first-order valence-electron chi connectivity index (χ1n) is 20.0. The first kappa shape index (κ1) is 39.4. The second-order valence-corrected chi connectivity index (χ2v) is 13.9. The van der Waals surface area contributed by atoms with E-state index in [4.69, 9.17) is 0 Å². The van der Waals surface area contributed by atoms with E-state index >= 15 is 0 Å². The van der Waals surface area contributed by atoms with Crippen molar-refractivity contribution in [3.8, 4) is 0 Å². The molecule has 0 aromatic heterocycles. The molecule has 0 N–H and O–H groups in total. The molecule has 42 heavy (non-hydrogen) atoms. The topological polar surface area (TPSA) is 6.48 Å². The van der Waals surface area contributed by atoms with Gasteiger partial charge in [0.05, 0.1) is 0 Å². The van der Waals surface area contributed by atoms with Crippen molar-refractivity contribution in [2.45, 2.75) is 232 Å². The molecule has 0 saturated heterocycles. The van der Waals surface area contributed by atoms with Gasteiger partial charge < -0.3 is 9.80 Å². The minimum atomic E-state index is 0.633. The van der Waals surface area contributed by atoms with Crippen molar-refractivity contribution < 1.29 is 0 Å². The third-order valence-corrected chi connectivity index (χ3v) is 9.92. The number of rotatable bonds is 34. The maximum absolute atomic E-state index is 2.66. The third-order valence-electron chi connectivity index (χ3n) is 9.92. The lowest BCUT2D eigenvalue weighted by Gasteiger charge is -2.32. The smallest absolute Gasteiger partial charge is 0.101 e. The Labute approximate surface area is 267 Å². The fourth-order valence-corrected chi connectivity index (χ4v) is 6.97. The molecule has 0 saturated carbocycles. The number of hydrogen-bond acceptors (Lipinski definition) is 2. The van der Waals surface area contributed by atoms with Crippen LogP contribution in [-0.2, 0) is 0 Å². The van der Waals surface area contributed by atoms with Crippen LogP contribution in [0.1, 0.15) is 226 Å². The van der Waals surface area contributed by atoms with Gasteiger partial charge in [0.1, 0.15) is 6.17 Å². The van der Waals surface area contributed by atoms with Gasteiger partial charge in [-0.15, -0.1) is 0 Å². The second-order valence-electron chi connectivity index (χ2n) is 13.9. The molecule has 0 aliphatic carbocycles. The fourth-order valence-electron chi connectivity index (χ4n) is 6.97. The zero-order chi connectivity index (χ0) is 30.2. The van der Waals surface area contributed by atoms with Gasteiger partial charge in [-0.1, -0.05) is 200 Å². The predicted molar refractivity (Wildman–Crippen MR) is 191 cm³/mol. The molecule has 0 aromatic rings. The van der Waals surface area contributed by atoms with E-state index < -0.39 is 0 Å². The summed E-state index contributed by atoms with van der Waals surface area (Å²) in [4.78, 5) is 5.24. The molecular formula is C40H80N2. The van der Waals surface area contributed by atoms with Crippen LogP contribution in [0, 0.1) is 0 Å². The van der Waals surface area contributed by atoms with Crippen molar-refractivity contribution in [2.24, 2.45) is 0 Å². The van der Waals surface area contributed by atoms with Crippen molar-refractivity contribution in [3.63, 3.8) is 0 Å². The number of unbranched alkanes of at least 4 members (excludes halogenated alkanes) is 29. The Bertz CT molecular complexity index is 544. The summed E-state index contributed by atoms with van der Waals surface area (Å²) >= 11 is 0. The van der Waals surface area contributed by atoms with Crippen LogP contribution in [0.25, 0.3) is 0 Å². The molecule has 1 aliphatic heterocycles. The van der Waals surface area contributed by atoms with Crippen molar-refractivity contribution in [3.05, 3.63) is 12.4 Å². The Morgan fingerprint density at radius 1 is 0.333 bits per heavy atom. The van der Waals surface area contributed by atoms with E-state index in [-0.39, 0.29) is 0 Å². The summed E-state index contributed by atoms with van der Waals surface area (Å²) in [5.41, 5.74) is 0. The van der Waals surface area contributed by atoms with Crippen LogP contribution >= 0.6 is 0 Å². The van der Waals surface area contributed by atoms with Gasteiger partial charge >= 0.3 is 0 Å². The van der Waals surface area contributed by atoms with Crippen LogP contribution < -0.4 is 0 Å². The monoisotopic (exact) mass is 589 g/mol. The number of nitrogens with zero attached hydrogens (tertiary/aromatic N) is 2. The predicted octanol–water partition coefficient (Wildman–Crippen LogP) is 13.9. The summed E-state index contributed by atoms with van der Waals surface area (Å²) in [6.45, 7) is 9.35. The van der Waals surface area contributed by atoms with E-state index in [0.29, 0.717) is 6.17 Å². The van der Waals surface area contributed by atoms with Gasteiger partial charge in [-0.3, -0.25) is 0 Å². The lowest BCUT2D eigenvalue weighted by Crippen LogP contribution is -2.38. The van der Waals surface area contributed by atoms with Gasteiger partial charge in [-0.2, -0.15) is 0 Å². The molecule has 0 radical (unpaired) electrons. The van der Waals surface area contributed by atoms with E-state index in [9.17, 15) is 0 Å². The molecule has 250 valence electrons. The Morgan fingerprint density at radius 3 is 0.952 bits per heavy atom. The highest BCUT2D eigenvalue weighted by Gasteiger charge is 2.23. The van der Waals surface area contributed by atoms with Crippen LogP contribution in [0.15, 0.2) is 12.4 Å². The molecular weight excluding hydrogens is 508 g/mol. The molecule has 1 aliphatic rings. The van der Waals surface area contributed by atoms with Gasteiger partial charge in [0.2, 0.25) is 0 Å². The fraction of sp³-hybridized carbons (Fsp3) is 0.950. The molecule has 0 fully saturated rings. The van der Waals surface area contributed by atoms with Crippen molar-refractivity contribution in [2.75, 3.05) is 13.1 Å². The normalized spacial score (nSPS) is 15.0. The third kappa shape index (κ3) is 23.8. The lowest BCUT2D eigenvalue weighted by molar-refractivity contribution is 0.142. The highest BCUT2D eigenvalue weighted by Crippen LogP contribution is 2.23. The highest BCUT2D eigenvalue weighted by molar-refractivity contribution is 4.96. The lowest BCUT2D eigenvalue weighted by atomic mass is 10.0. The molecule has 2 heteroatoms. The van der Waals surface area contributed by atoms with Crippen LogP contribution in [0.3, 0.4) is 0 Å². The average molecular weight is 589 g/mol. The van der Waals surface area contributed by atoms with Crippen molar-refractivity contribution in [1.82, 2.24) is 9.80 Å². The van der Waals surface area contributed by atoms with Crippen molar-refractivity contribution in [1.29, 1.82) is 0 Å². The molecule has 0 aromatic carbocycles. The zero-order valence-electron chi connectivity index (χ0n) is 29.7. The molecule has 0 bridgehead atoms. The Kier molecular flexibility index (Phi) is 29.8. The van der Waals surface area contributed by atoms with Crippen LogP contribution in [-0.4, -0.2) is 29.1 Å². The largest absolute Gasteiger partial charge is 0.356 e. The van der Waals surface area contributed by atoms with E-state index in [1.165, 1.54) is 212 Å². The molecule has 1 heterocycles. The summed E-state index contributed by atoms with van der Waals surface area (Å²) in [5.74, 6) is 0. The first-order valence-corrected chi connectivity index (χ1v) is 20.0.